The summed E-state index contributed by atoms with van der Waals surface area (Å²) in [6.45, 7) is 4.48. The largest absolute Gasteiger partial charge is 0.338 e. The van der Waals surface area contributed by atoms with Crippen LogP contribution in [0.2, 0.25) is 0 Å². The number of aromatic nitrogens is 3. The van der Waals surface area contributed by atoms with E-state index in [1.165, 1.54) is 49.0 Å². The van der Waals surface area contributed by atoms with Gasteiger partial charge in [0.1, 0.15) is 5.82 Å². The first-order chi connectivity index (χ1) is 20.0. The van der Waals surface area contributed by atoms with Crippen LogP contribution in [0.15, 0.2) is 72.9 Å². The van der Waals surface area contributed by atoms with Crippen molar-refractivity contribution in [2.75, 3.05) is 19.6 Å². The van der Waals surface area contributed by atoms with E-state index in [1.54, 1.807) is 6.07 Å². The lowest BCUT2D eigenvalue weighted by molar-refractivity contribution is 0.0602. The average Bonchev–Trinajstić information content (AvgIpc) is 3.47. The highest BCUT2D eigenvalue weighted by atomic mass is 19.1. The minimum Gasteiger partial charge on any atom is -0.338 e. The van der Waals surface area contributed by atoms with Crippen molar-refractivity contribution in [3.05, 3.63) is 95.8 Å². The van der Waals surface area contributed by atoms with Gasteiger partial charge in [0.15, 0.2) is 0 Å². The molecule has 3 saturated heterocycles. The number of likely N-dealkylation sites (tertiary alicyclic amines) is 1. The molecular formula is C34H38FN5O. The van der Waals surface area contributed by atoms with Gasteiger partial charge in [-0.2, -0.15) is 4.39 Å². The second-order valence-corrected chi connectivity index (χ2v) is 12.3. The van der Waals surface area contributed by atoms with Gasteiger partial charge in [-0.15, -0.1) is 0 Å². The van der Waals surface area contributed by atoms with Crippen LogP contribution in [0.1, 0.15) is 72.7 Å². The van der Waals surface area contributed by atoms with Crippen LogP contribution in [-0.4, -0.2) is 62.0 Å². The van der Waals surface area contributed by atoms with E-state index >= 15 is 0 Å². The Kier molecular flexibility index (Phi) is 6.86. The molecule has 2 bridgehead atoms. The molecule has 4 aromatic rings. The first-order valence-corrected chi connectivity index (χ1v) is 15.2. The second kappa shape index (κ2) is 10.7. The zero-order valence-electron chi connectivity index (χ0n) is 23.8. The third-order valence-electron chi connectivity index (χ3n) is 10.2. The third-order valence-corrected chi connectivity index (χ3v) is 10.2. The SMILES string of the molecule is Cc1nc2ccccc2n1[C@H]1C[C@H]2CC[C@@H](C1)N2CCC1(c2ccccc2)CCN(C(=O)c2cccnc2F)CC1. The number of benzene rings is 2. The van der Waals surface area contributed by atoms with Crippen molar-refractivity contribution in [2.24, 2.45) is 0 Å². The number of imidazole rings is 1. The van der Waals surface area contributed by atoms with Crippen molar-refractivity contribution in [3.63, 3.8) is 0 Å². The van der Waals surface area contributed by atoms with Gasteiger partial charge in [0.2, 0.25) is 5.95 Å². The molecule has 2 aromatic carbocycles. The molecule has 1 amide bonds. The lowest BCUT2D eigenvalue weighted by Gasteiger charge is -2.45. The Morgan fingerprint density at radius 3 is 2.37 bits per heavy atom. The van der Waals surface area contributed by atoms with Gasteiger partial charge in [-0.05, 0) is 93.7 Å². The van der Waals surface area contributed by atoms with E-state index in [0.717, 1.165) is 37.1 Å². The molecule has 0 aliphatic carbocycles. The van der Waals surface area contributed by atoms with Crippen LogP contribution in [0, 0.1) is 12.9 Å². The molecule has 5 heterocycles. The van der Waals surface area contributed by atoms with Crippen molar-refractivity contribution in [1.82, 2.24) is 24.3 Å². The molecular weight excluding hydrogens is 513 g/mol. The van der Waals surface area contributed by atoms with Crippen LogP contribution in [0.5, 0.6) is 0 Å². The molecule has 3 aliphatic rings. The van der Waals surface area contributed by atoms with Gasteiger partial charge in [-0.1, -0.05) is 42.5 Å². The molecule has 212 valence electrons. The number of carbonyl (C=O) groups is 1. The fourth-order valence-corrected chi connectivity index (χ4v) is 8.12. The van der Waals surface area contributed by atoms with Crippen LogP contribution in [0.25, 0.3) is 11.0 Å². The highest BCUT2D eigenvalue weighted by Gasteiger charge is 2.44. The van der Waals surface area contributed by atoms with Crippen molar-refractivity contribution in [2.45, 2.75) is 75.4 Å². The third kappa shape index (κ3) is 4.74. The Morgan fingerprint density at radius 1 is 0.927 bits per heavy atom. The Morgan fingerprint density at radius 2 is 1.63 bits per heavy atom. The summed E-state index contributed by atoms with van der Waals surface area (Å²) < 4.78 is 16.8. The standard InChI is InChI=1S/C34H38FN5O/c1-24-37-30-11-5-6-12-31(30)40(24)28-22-26-13-14-27(23-28)39(26)21-17-34(25-8-3-2-4-9-25)15-19-38(20-16-34)33(41)29-10-7-18-36-32(29)35/h2-12,18,26-28H,13-17,19-23H2,1H3/t26-,27+,28+. The molecule has 0 spiro atoms. The van der Waals surface area contributed by atoms with Crippen LogP contribution in [0.3, 0.4) is 0 Å². The van der Waals surface area contributed by atoms with Gasteiger partial charge < -0.3 is 9.47 Å². The summed E-state index contributed by atoms with van der Waals surface area (Å²) in [5, 5.41) is 0. The molecule has 6 nitrogen and oxygen atoms in total. The van der Waals surface area contributed by atoms with Crippen LogP contribution in [0.4, 0.5) is 4.39 Å². The van der Waals surface area contributed by atoms with Crippen LogP contribution in [-0.2, 0) is 5.41 Å². The number of hydrogen-bond donors (Lipinski definition) is 0. The van der Waals surface area contributed by atoms with E-state index in [2.05, 4.69) is 76.0 Å². The molecule has 2 aromatic heterocycles. The van der Waals surface area contributed by atoms with Gasteiger partial charge in [0, 0.05) is 37.4 Å². The summed E-state index contributed by atoms with van der Waals surface area (Å²) in [6, 6.07) is 24.3. The van der Waals surface area contributed by atoms with E-state index in [1.807, 2.05) is 4.90 Å². The molecule has 0 radical (unpaired) electrons. The molecule has 41 heavy (non-hydrogen) atoms. The average molecular weight is 552 g/mol. The molecule has 0 N–H and O–H groups in total. The van der Waals surface area contributed by atoms with Gasteiger partial charge in [0.05, 0.1) is 16.6 Å². The lowest BCUT2D eigenvalue weighted by atomic mass is 9.70. The summed E-state index contributed by atoms with van der Waals surface area (Å²) in [4.78, 5) is 26.3. The predicted molar refractivity (Wildman–Crippen MR) is 158 cm³/mol. The van der Waals surface area contributed by atoms with Gasteiger partial charge in [-0.3, -0.25) is 9.69 Å². The molecule has 0 saturated carbocycles. The minimum atomic E-state index is -0.685. The maximum absolute atomic E-state index is 14.3. The van der Waals surface area contributed by atoms with E-state index in [-0.39, 0.29) is 16.9 Å². The maximum Gasteiger partial charge on any atom is 0.258 e. The molecule has 7 heteroatoms. The summed E-state index contributed by atoms with van der Waals surface area (Å²) in [5.74, 6) is 0.189. The molecule has 3 aliphatic heterocycles. The number of halogens is 1. The zero-order chi connectivity index (χ0) is 28.0. The highest BCUT2D eigenvalue weighted by Crippen LogP contribution is 2.45. The number of carbonyl (C=O) groups excluding carboxylic acids is 1. The summed E-state index contributed by atoms with van der Waals surface area (Å²) in [5.41, 5.74) is 3.81. The Hall–Kier alpha value is -3.58. The fourth-order valence-electron chi connectivity index (χ4n) is 8.12. The normalized spacial score (nSPS) is 24.1. The highest BCUT2D eigenvalue weighted by molar-refractivity contribution is 5.94. The molecule has 0 unspecified atom stereocenters. The van der Waals surface area contributed by atoms with E-state index < -0.39 is 5.95 Å². The van der Waals surface area contributed by atoms with Crippen molar-refractivity contribution >= 4 is 16.9 Å². The van der Waals surface area contributed by atoms with E-state index in [0.29, 0.717) is 31.2 Å². The lowest BCUT2D eigenvalue weighted by Crippen LogP contribution is -2.49. The van der Waals surface area contributed by atoms with Crippen LogP contribution < -0.4 is 0 Å². The summed E-state index contributed by atoms with van der Waals surface area (Å²) in [6.07, 6.45) is 9.12. The number of nitrogens with zero attached hydrogens (tertiary/aromatic N) is 5. The Labute approximate surface area is 241 Å². The second-order valence-electron chi connectivity index (χ2n) is 12.3. The zero-order valence-corrected chi connectivity index (χ0v) is 23.8. The molecule has 3 fully saturated rings. The smallest absolute Gasteiger partial charge is 0.258 e. The monoisotopic (exact) mass is 551 g/mol. The van der Waals surface area contributed by atoms with Gasteiger partial charge in [0.25, 0.3) is 5.91 Å². The Bertz CT molecular complexity index is 1530. The number of amides is 1. The van der Waals surface area contributed by atoms with E-state index in [9.17, 15) is 9.18 Å². The number of fused-ring (bicyclic) bond motifs is 3. The molecule has 3 atom stereocenters. The number of aryl methyl sites for hydroxylation is 1. The number of para-hydroxylation sites is 2. The fraction of sp³-hybridized carbons (Fsp3) is 0.441. The topological polar surface area (TPSA) is 54.3 Å². The summed E-state index contributed by atoms with van der Waals surface area (Å²) in [7, 11) is 0. The van der Waals surface area contributed by atoms with Gasteiger partial charge in [-0.25, -0.2) is 9.97 Å². The number of rotatable bonds is 6. The van der Waals surface area contributed by atoms with Crippen molar-refractivity contribution in [3.8, 4) is 0 Å². The first-order valence-electron chi connectivity index (χ1n) is 15.2. The first kappa shape index (κ1) is 26.3. The van der Waals surface area contributed by atoms with Crippen molar-refractivity contribution in [1.29, 1.82) is 0 Å². The van der Waals surface area contributed by atoms with E-state index in [4.69, 9.17) is 4.98 Å². The predicted octanol–water partition coefficient (Wildman–Crippen LogP) is 6.31. The van der Waals surface area contributed by atoms with Crippen molar-refractivity contribution < 1.29 is 9.18 Å². The van der Waals surface area contributed by atoms with Crippen LogP contribution >= 0.6 is 0 Å². The number of hydrogen-bond acceptors (Lipinski definition) is 4. The summed E-state index contributed by atoms with van der Waals surface area (Å²) >= 11 is 0. The number of pyridine rings is 1. The number of piperidine rings is 2. The Balaban J connectivity index is 1.07. The maximum atomic E-state index is 14.3. The van der Waals surface area contributed by atoms with Gasteiger partial charge >= 0.3 is 0 Å². The quantitative estimate of drug-likeness (QED) is 0.264. The molecule has 7 rings (SSSR count). The minimum absolute atomic E-state index is 0.0128.